The molecule has 0 unspecified atom stereocenters. The highest BCUT2D eigenvalue weighted by Crippen LogP contribution is 2.29. The van der Waals surface area contributed by atoms with E-state index >= 15 is 0 Å². The normalized spacial score (nSPS) is 10.5. The van der Waals surface area contributed by atoms with Crippen LogP contribution in [0.25, 0.3) is 6.08 Å². The minimum absolute atomic E-state index is 0.211. The lowest BCUT2D eigenvalue weighted by atomic mass is 10.2. The molecule has 5 nitrogen and oxygen atoms in total. The molecule has 25 heavy (non-hydrogen) atoms. The average molecular weight is 341 g/mol. The van der Waals surface area contributed by atoms with Gasteiger partial charge < -0.3 is 19.5 Å². The summed E-state index contributed by atoms with van der Waals surface area (Å²) in [7, 11) is 1.60. The van der Waals surface area contributed by atoms with Gasteiger partial charge in [-0.25, -0.2) is 0 Å². The van der Waals surface area contributed by atoms with Crippen LogP contribution in [0.3, 0.4) is 0 Å². The second kappa shape index (κ2) is 9.37. The molecule has 132 valence electrons. The quantitative estimate of drug-likeness (QED) is 0.733. The van der Waals surface area contributed by atoms with E-state index in [9.17, 15) is 4.79 Å². The maximum atomic E-state index is 12.0. The zero-order valence-electron chi connectivity index (χ0n) is 14.7. The Morgan fingerprint density at radius 1 is 1.00 bits per heavy atom. The van der Waals surface area contributed by atoms with Crippen LogP contribution < -0.4 is 19.5 Å². The standard InChI is InChI=1S/C20H23NO4/c1-4-24-18-12-6-15(14-19(18)25-5-2)7-13-20(22)21-16-8-10-17(23-3)11-9-16/h6-14H,4-5H2,1-3H3,(H,21,22). The van der Waals surface area contributed by atoms with Crippen LogP contribution in [-0.4, -0.2) is 26.2 Å². The molecule has 0 spiro atoms. The lowest BCUT2D eigenvalue weighted by Crippen LogP contribution is -2.07. The van der Waals surface area contributed by atoms with Gasteiger partial charge in [-0.05, 0) is 61.9 Å². The van der Waals surface area contributed by atoms with E-state index in [0.717, 1.165) is 11.3 Å². The molecule has 1 N–H and O–H groups in total. The Bertz CT molecular complexity index is 723. The van der Waals surface area contributed by atoms with Crippen LogP contribution in [0, 0.1) is 0 Å². The van der Waals surface area contributed by atoms with Crippen LogP contribution in [0.2, 0.25) is 0 Å². The third kappa shape index (κ3) is 5.57. The smallest absolute Gasteiger partial charge is 0.248 e. The van der Waals surface area contributed by atoms with Gasteiger partial charge in [-0.3, -0.25) is 4.79 Å². The van der Waals surface area contributed by atoms with Gasteiger partial charge in [0.25, 0.3) is 0 Å². The predicted octanol–water partition coefficient (Wildman–Crippen LogP) is 4.14. The van der Waals surface area contributed by atoms with E-state index in [2.05, 4.69) is 5.32 Å². The van der Waals surface area contributed by atoms with Crippen LogP contribution in [0.15, 0.2) is 48.5 Å². The van der Waals surface area contributed by atoms with Crippen molar-refractivity contribution in [1.29, 1.82) is 0 Å². The van der Waals surface area contributed by atoms with E-state index in [0.29, 0.717) is 30.4 Å². The largest absolute Gasteiger partial charge is 0.497 e. The molecule has 5 heteroatoms. The van der Waals surface area contributed by atoms with Crippen molar-refractivity contribution in [2.75, 3.05) is 25.6 Å². The molecule has 2 aromatic carbocycles. The molecule has 0 aliphatic carbocycles. The van der Waals surface area contributed by atoms with Crippen LogP contribution in [-0.2, 0) is 4.79 Å². The van der Waals surface area contributed by atoms with E-state index in [1.54, 1.807) is 37.5 Å². The zero-order chi connectivity index (χ0) is 18.1. The Balaban J connectivity index is 2.04. The van der Waals surface area contributed by atoms with Crippen molar-refractivity contribution >= 4 is 17.7 Å². The average Bonchev–Trinajstić information content (AvgIpc) is 2.63. The van der Waals surface area contributed by atoms with E-state index < -0.39 is 0 Å². The van der Waals surface area contributed by atoms with Gasteiger partial charge in [0.2, 0.25) is 5.91 Å². The molecule has 0 radical (unpaired) electrons. The molecule has 0 heterocycles. The molecule has 0 aliphatic rings. The van der Waals surface area contributed by atoms with Crippen molar-refractivity contribution in [3.63, 3.8) is 0 Å². The minimum Gasteiger partial charge on any atom is -0.497 e. The van der Waals surface area contributed by atoms with Crippen molar-refractivity contribution < 1.29 is 19.0 Å². The van der Waals surface area contributed by atoms with Gasteiger partial charge in [0.05, 0.1) is 20.3 Å². The summed E-state index contributed by atoms with van der Waals surface area (Å²) < 4.78 is 16.2. The highest BCUT2D eigenvalue weighted by atomic mass is 16.5. The molecule has 1 amide bonds. The fraction of sp³-hybridized carbons (Fsp3) is 0.250. The molecule has 0 bridgehead atoms. The highest BCUT2D eigenvalue weighted by Gasteiger charge is 2.05. The molecule has 0 atom stereocenters. The summed E-state index contributed by atoms with van der Waals surface area (Å²) in [5.74, 6) is 1.90. The fourth-order valence-corrected chi connectivity index (χ4v) is 2.20. The molecule has 2 rings (SSSR count). The lowest BCUT2D eigenvalue weighted by Gasteiger charge is -2.11. The van der Waals surface area contributed by atoms with Crippen LogP contribution >= 0.6 is 0 Å². The SMILES string of the molecule is CCOc1ccc(C=CC(=O)Nc2ccc(OC)cc2)cc1OCC. The van der Waals surface area contributed by atoms with E-state index in [-0.39, 0.29) is 5.91 Å². The van der Waals surface area contributed by atoms with Gasteiger partial charge in [0.1, 0.15) is 5.75 Å². The molecular formula is C20H23NO4. The van der Waals surface area contributed by atoms with Crippen LogP contribution in [0.4, 0.5) is 5.69 Å². The van der Waals surface area contributed by atoms with Crippen LogP contribution in [0.1, 0.15) is 19.4 Å². The van der Waals surface area contributed by atoms with Crippen LogP contribution in [0.5, 0.6) is 17.2 Å². The first-order chi connectivity index (χ1) is 12.2. The second-order valence-corrected chi connectivity index (χ2v) is 5.12. The summed E-state index contributed by atoms with van der Waals surface area (Å²) in [6.07, 6.45) is 3.22. The monoisotopic (exact) mass is 341 g/mol. The number of ether oxygens (including phenoxy) is 3. The molecule has 0 aliphatic heterocycles. The predicted molar refractivity (Wildman–Crippen MR) is 99.4 cm³/mol. The maximum absolute atomic E-state index is 12.0. The molecule has 0 aromatic heterocycles. The Labute approximate surface area is 148 Å². The number of hydrogen-bond donors (Lipinski definition) is 1. The van der Waals surface area contributed by atoms with Gasteiger partial charge in [-0.15, -0.1) is 0 Å². The first kappa shape index (κ1) is 18.4. The number of benzene rings is 2. The van der Waals surface area contributed by atoms with E-state index in [4.69, 9.17) is 14.2 Å². The number of nitrogens with one attached hydrogen (secondary N) is 1. The van der Waals surface area contributed by atoms with Crippen molar-refractivity contribution in [3.05, 3.63) is 54.1 Å². The van der Waals surface area contributed by atoms with Gasteiger partial charge in [0, 0.05) is 11.8 Å². The van der Waals surface area contributed by atoms with Crippen molar-refractivity contribution in [1.82, 2.24) is 0 Å². The number of amides is 1. The zero-order valence-corrected chi connectivity index (χ0v) is 14.7. The van der Waals surface area contributed by atoms with E-state index in [1.807, 2.05) is 32.0 Å². The van der Waals surface area contributed by atoms with Gasteiger partial charge in [-0.2, -0.15) is 0 Å². The molecule has 2 aromatic rings. The summed E-state index contributed by atoms with van der Waals surface area (Å²) in [6, 6.07) is 12.7. The molecule has 0 saturated heterocycles. The Kier molecular flexibility index (Phi) is 6.89. The first-order valence-electron chi connectivity index (χ1n) is 8.19. The number of carbonyl (C=O) groups excluding carboxylic acids is 1. The van der Waals surface area contributed by atoms with Crippen molar-refractivity contribution in [2.24, 2.45) is 0 Å². The lowest BCUT2D eigenvalue weighted by molar-refractivity contribution is -0.111. The minimum atomic E-state index is -0.211. The topological polar surface area (TPSA) is 56.8 Å². The number of rotatable bonds is 8. The fourth-order valence-electron chi connectivity index (χ4n) is 2.20. The van der Waals surface area contributed by atoms with Gasteiger partial charge in [0.15, 0.2) is 11.5 Å². The van der Waals surface area contributed by atoms with Gasteiger partial charge in [-0.1, -0.05) is 6.07 Å². The number of carbonyl (C=O) groups is 1. The highest BCUT2D eigenvalue weighted by molar-refractivity contribution is 6.01. The maximum Gasteiger partial charge on any atom is 0.248 e. The molecular weight excluding hydrogens is 318 g/mol. The number of anilines is 1. The summed E-state index contributed by atoms with van der Waals surface area (Å²) in [4.78, 5) is 12.0. The number of hydrogen-bond acceptors (Lipinski definition) is 4. The summed E-state index contributed by atoms with van der Waals surface area (Å²) in [5, 5.41) is 2.80. The first-order valence-corrected chi connectivity index (χ1v) is 8.19. The summed E-state index contributed by atoms with van der Waals surface area (Å²) in [5.41, 5.74) is 1.56. The third-order valence-corrected chi connectivity index (χ3v) is 3.35. The Morgan fingerprint density at radius 2 is 1.68 bits per heavy atom. The molecule has 0 fully saturated rings. The van der Waals surface area contributed by atoms with Crippen molar-refractivity contribution in [3.8, 4) is 17.2 Å². The Hall–Kier alpha value is -2.95. The summed E-state index contributed by atoms with van der Waals surface area (Å²) in [6.45, 7) is 4.96. The third-order valence-electron chi connectivity index (χ3n) is 3.35. The second-order valence-electron chi connectivity index (χ2n) is 5.12. The van der Waals surface area contributed by atoms with E-state index in [1.165, 1.54) is 6.08 Å². The summed E-state index contributed by atoms with van der Waals surface area (Å²) >= 11 is 0. The van der Waals surface area contributed by atoms with Gasteiger partial charge >= 0.3 is 0 Å². The molecule has 0 saturated carbocycles. The number of methoxy groups -OCH3 is 1. The Morgan fingerprint density at radius 3 is 2.32 bits per heavy atom. The van der Waals surface area contributed by atoms with Crippen molar-refractivity contribution in [2.45, 2.75) is 13.8 Å².